The molecule has 1 heterocycles. The Morgan fingerprint density at radius 2 is 1.87 bits per heavy atom. The van der Waals surface area contributed by atoms with E-state index < -0.39 is 0 Å². The zero-order valence-corrected chi connectivity index (χ0v) is 10.8. The summed E-state index contributed by atoms with van der Waals surface area (Å²) in [6.45, 7) is 7.77. The Kier molecular flexibility index (Phi) is 4.56. The number of likely N-dealkylation sites (tertiary alicyclic amines) is 1. The normalized spacial score (nSPS) is 24.4. The lowest BCUT2D eigenvalue weighted by atomic mass is 9.85. The highest BCUT2D eigenvalue weighted by Gasteiger charge is 2.35. The molecular formula is C12H27N3. The molecule has 90 valence electrons. The summed E-state index contributed by atoms with van der Waals surface area (Å²) in [6, 6.07) is 0.725. The molecule has 1 unspecified atom stereocenters. The van der Waals surface area contributed by atoms with Gasteiger partial charge in [-0.2, -0.15) is 0 Å². The second-order valence-corrected chi connectivity index (χ2v) is 5.12. The molecule has 0 aromatic heterocycles. The molecule has 3 heteroatoms. The standard InChI is InChI=1S/C12H27N3/c1-5-11(2)15-8-6-12(10-13,7-9-15)14(3)4/h11H,5-10,13H2,1-4H3. The van der Waals surface area contributed by atoms with E-state index in [1.54, 1.807) is 0 Å². The first-order chi connectivity index (χ1) is 7.05. The molecule has 0 aliphatic carbocycles. The summed E-state index contributed by atoms with van der Waals surface area (Å²) in [7, 11) is 4.32. The summed E-state index contributed by atoms with van der Waals surface area (Å²) >= 11 is 0. The van der Waals surface area contributed by atoms with Crippen LogP contribution in [0.1, 0.15) is 33.1 Å². The topological polar surface area (TPSA) is 32.5 Å². The predicted molar refractivity (Wildman–Crippen MR) is 66.0 cm³/mol. The average molecular weight is 213 g/mol. The van der Waals surface area contributed by atoms with Crippen LogP contribution in [0, 0.1) is 0 Å². The third-order valence-corrected chi connectivity index (χ3v) is 4.27. The van der Waals surface area contributed by atoms with E-state index in [9.17, 15) is 0 Å². The highest BCUT2D eigenvalue weighted by Crippen LogP contribution is 2.27. The summed E-state index contributed by atoms with van der Waals surface area (Å²) in [5.74, 6) is 0. The lowest BCUT2D eigenvalue weighted by Crippen LogP contribution is -2.57. The predicted octanol–water partition coefficient (Wildman–Crippen LogP) is 1.14. The van der Waals surface area contributed by atoms with Crippen molar-refractivity contribution in [2.75, 3.05) is 33.7 Å². The van der Waals surface area contributed by atoms with Gasteiger partial charge in [-0.15, -0.1) is 0 Å². The zero-order chi connectivity index (χ0) is 11.5. The van der Waals surface area contributed by atoms with E-state index in [4.69, 9.17) is 5.73 Å². The summed E-state index contributed by atoms with van der Waals surface area (Å²) < 4.78 is 0. The number of rotatable bonds is 4. The molecule has 0 aromatic rings. The van der Waals surface area contributed by atoms with E-state index >= 15 is 0 Å². The number of hydrogen-bond acceptors (Lipinski definition) is 3. The molecule has 1 aliphatic rings. The molecule has 1 rings (SSSR count). The molecule has 2 N–H and O–H groups in total. The van der Waals surface area contributed by atoms with Gasteiger partial charge in [0.1, 0.15) is 0 Å². The molecular weight excluding hydrogens is 186 g/mol. The molecule has 3 nitrogen and oxygen atoms in total. The lowest BCUT2D eigenvalue weighted by Gasteiger charge is -2.47. The van der Waals surface area contributed by atoms with Crippen molar-refractivity contribution in [3.63, 3.8) is 0 Å². The van der Waals surface area contributed by atoms with Gasteiger partial charge in [0.2, 0.25) is 0 Å². The van der Waals surface area contributed by atoms with Crippen molar-refractivity contribution < 1.29 is 0 Å². The van der Waals surface area contributed by atoms with Gasteiger partial charge in [-0.25, -0.2) is 0 Å². The molecule has 0 amide bonds. The van der Waals surface area contributed by atoms with E-state index in [1.807, 2.05) is 0 Å². The van der Waals surface area contributed by atoms with Crippen molar-refractivity contribution in [2.24, 2.45) is 5.73 Å². The van der Waals surface area contributed by atoms with Gasteiger partial charge in [0.15, 0.2) is 0 Å². The fraction of sp³-hybridized carbons (Fsp3) is 1.00. The van der Waals surface area contributed by atoms with Gasteiger partial charge in [-0.3, -0.25) is 0 Å². The number of nitrogens with two attached hydrogens (primary N) is 1. The van der Waals surface area contributed by atoms with Gasteiger partial charge in [0.05, 0.1) is 0 Å². The first-order valence-corrected chi connectivity index (χ1v) is 6.17. The summed E-state index contributed by atoms with van der Waals surface area (Å²) in [5, 5.41) is 0. The molecule has 15 heavy (non-hydrogen) atoms. The highest BCUT2D eigenvalue weighted by atomic mass is 15.2. The van der Waals surface area contributed by atoms with E-state index in [-0.39, 0.29) is 5.54 Å². The van der Waals surface area contributed by atoms with Crippen LogP contribution < -0.4 is 5.73 Å². The minimum atomic E-state index is 0.254. The van der Waals surface area contributed by atoms with Gasteiger partial charge in [0, 0.05) is 31.2 Å². The Morgan fingerprint density at radius 3 is 2.20 bits per heavy atom. The third kappa shape index (κ3) is 2.71. The van der Waals surface area contributed by atoms with Crippen molar-refractivity contribution in [3.8, 4) is 0 Å². The summed E-state index contributed by atoms with van der Waals surface area (Å²) in [5.41, 5.74) is 6.19. The summed E-state index contributed by atoms with van der Waals surface area (Å²) in [4.78, 5) is 4.92. The average Bonchev–Trinajstić information content (AvgIpc) is 2.28. The van der Waals surface area contributed by atoms with Gasteiger partial charge in [-0.05, 0) is 40.3 Å². The van der Waals surface area contributed by atoms with Crippen LogP contribution in [0.15, 0.2) is 0 Å². The van der Waals surface area contributed by atoms with Crippen molar-refractivity contribution in [1.82, 2.24) is 9.80 Å². The number of hydrogen-bond donors (Lipinski definition) is 1. The lowest BCUT2D eigenvalue weighted by molar-refractivity contribution is 0.0458. The Balaban J connectivity index is 2.53. The summed E-state index contributed by atoms with van der Waals surface area (Å²) in [6.07, 6.45) is 3.67. The van der Waals surface area contributed by atoms with Crippen LogP contribution in [-0.4, -0.2) is 55.1 Å². The second-order valence-electron chi connectivity index (χ2n) is 5.12. The van der Waals surface area contributed by atoms with Crippen LogP contribution in [0.5, 0.6) is 0 Å². The minimum Gasteiger partial charge on any atom is -0.329 e. The Morgan fingerprint density at radius 1 is 1.33 bits per heavy atom. The van der Waals surface area contributed by atoms with Crippen molar-refractivity contribution in [2.45, 2.75) is 44.7 Å². The fourth-order valence-corrected chi connectivity index (χ4v) is 2.47. The first-order valence-electron chi connectivity index (χ1n) is 6.17. The van der Waals surface area contributed by atoms with Gasteiger partial charge < -0.3 is 15.5 Å². The minimum absolute atomic E-state index is 0.254. The third-order valence-electron chi connectivity index (χ3n) is 4.27. The Labute approximate surface area is 94.6 Å². The van der Waals surface area contributed by atoms with Crippen LogP contribution in [0.4, 0.5) is 0 Å². The number of likely N-dealkylation sites (N-methyl/N-ethyl adjacent to an activating group) is 1. The molecule has 0 saturated carbocycles. The van der Waals surface area contributed by atoms with Gasteiger partial charge >= 0.3 is 0 Å². The molecule has 0 aromatic carbocycles. The van der Waals surface area contributed by atoms with Crippen molar-refractivity contribution >= 4 is 0 Å². The molecule has 1 saturated heterocycles. The van der Waals surface area contributed by atoms with Crippen molar-refractivity contribution in [3.05, 3.63) is 0 Å². The van der Waals surface area contributed by atoms with Crippen LogP contribution in [0.2, 0.25) is 0 Å². The zero-order valence-electron chi connectivity index (χ0n) is 10.8. The molecule has 0 spiro atoms. The van der Waals surface area contributed by atoms with Crippen LogP contribution >= 0.6 is 0 Å². The van der Waals surface area contributed by atoms with E-state index in [2.05, 4.69) is 37.7 Å². The maximum absolute atomic E-state index is 5.93. The van der Waals surface area contributed by atoms with E-state index in [1.165, 1.54) is 32.4 Å². The maximum Gasteiger partial charge on any atom is 0.0349 e. The first kappa shape index (κ1) is 12.9. The smallest absolute Gasteiger partial charge is 0.0349 e. The second kappa shape index (κ2) is 5.28. The molecule has 1 aliphatic heterocycles. The number of nitrogens with zero attached hydrogens (tertiary/aromatic N) is 2. The molecule has 1 atom stereocenters. The number of piperidine rings is 1. The SMILES string of the molecule is CCC(C)N1CCC(CN)(N(C)C)CC1. The highest BCUT2D eigenvalue weighted by molar-refractivity contribution is 4.94. The molecule has 1 fully saturated rings. The van der Waals surface area contributed by atoms with Gasteiger partial charge in [-0.1, -0.05) is 6.92 Å². The van der Waals surface area contributed by atoms with Crippen LogP contribution in [0.25, 0.3) is 0 Å². The maximum atomic E-state index is 5.93. The van der Waals surface area contributed by atoms with E-state index in [0.717, 1.165) is 12.6 Å². The Bertz CT molecular complexity index is 183. The van der Waals surface area contributed by atoms with Crippen LogP contribution in [0.3, 0.4) is 0 Å². The quantitative estimate of drug-likeness (QED) is 0.760. The van der Waals surface area contributed by atoms with Gasteiger partial charge in [0.25, 0.3) is 0 Å². The monoisotopic (exact) mass is 213 g/mol. The van der Waals surface area contributed by atoms with Crippen molar-refractivity contribution in [1.29, 1.82) is 0 Å². The van der Waals surface area contributed by atoms with E-state index in [0.29, 0.717) is 0 Å². The van der Waals surface area contributed by atoms with Crippen LogP contribution in [-0.2, 0) is 0 Å². The molecule has 0 bridgehead atoms. The Hall–Kier alpha value is -0.120. The largest absolute Gasteiger partial charge is 0.329 e. The molecule has 0 radical (unpaired) electrons. The fourth-order valence-electron chi connectivity index (χ4n) is 2.47.